The molecular weight excluding hydrogens is 280 g/mol. The molecule has 0 unspecified atom stereocenters. The Morgan fingerprint density at radius 1 is 0.864 bits per heavy atom. The molecule has 5 nitrogen and oxygen atoms in total. The first-order chi connectivity index (χ1) is 10.6. The first kappa shape index (κ1) is 15.1. The zero-order valence-electron chi connectivity index (χ0n) is 12.1. The van der Waals surface area contributed by atoms with Gasteiger partial charge < -0.3 is 9.47 Å². The fourth-order valence-corrected chi connectivity index (χ4v) is 2.08. The molecule has 108 valence electrons. The topological polar surface area (TPSA) is 83.1 Å². The van der Waals surface area contributed by atoms with Crippen LogP contribution in [0.4, 0.5) is 0 Å². The van der Waals surface area contributed by atoms with Gasteiger partial charge in [-0.05, 0) is 61.4 Å². The summed E-state index contributed by atoms with van der Waals surface area (Å²) in [6.45, 7) is 3.52. The third-order valence-electron chi connectivity index (χ3n) is 3.19. The zero-order chi connectivity index (χ0) is 16.1. The highest BCUT2D eigenvalue weighted by Gasteiger charge is 2.13. The average molecular weight is 292 g/mol. The molecule has 0 aliphatic rings. The normalized spacial score (nSPS) is 9.45. The predicted octanol–water partition coefficient (Wildman–Crippen LogP) is 3.25. The first-order valence-corrected chi connectivity index (χ1v) is 6.44. The summed E-state index contributed by atoms with van der Waals surface area (Å²) in [5.74, 6) is 0.694. The minimum atomic E-state index is -0.154. The molecule has 0 heterocycles. The summed E-state index contributed by atoms with van der Waals surface area (Å²) in [5.41, 5.74) is 2.40. The van der Waals surface area contributed by atoms with E-state index in [9.17, 15) is 4.79 Å². The molecule has 0 aliphatic heterocycles. The van der Waals surface area contributed by atoms with Crippen molar-refractivity contribution in [3.05, 3.63) is 58.7 Å². The number of ketones is 1. The van der Waals surface area contributed by atoms with Crippen LogP contribution in [-0.4, -0.2) is 5.78 Å². The largest absolute Gasteiger partial charge is 0.388 e. The molecule has 5 heteroatoms. The Labute approximate surface area is 127 Å². The van der Waals surface area contributed by atoms with E-state index in [-0.39, 0.29) is 5.78 Å². The lowest BCUT2D eigenvalue weighted by Gasteiger charge is -2.07. The molecule has 0 N–H and O–H groups in total. The van der Waals surface area contributed by atoms with E-state index in [1.165, 1.54) is 0 Å². The third kappa shape index (κ3) is 3.05. The number of rotatable bonds is 4. The lowest BCUT2D eigenvalue weighted by Crippen LogP contribution is -2.03. The van der Waals surface area contributed by atoms with Crippen LogP contribution >= 0.6 is 0 Å². The number of ether oxygens (including phenoxy) is 2. The zero-order valence-corrected chi connectivity index (χ0v) is 12.1. The number of nitrogens with zero attached hydrogens (tertiary/aromatic N) is 2. The lowest BCUT2D eigenvalue weighted by atomic mass is 9.99. The standard InChI is InChI=1S/C17H12N2O3/c1-11-7-13(3-5-15(11)21-9-18)17(20)14-4-6-16(22-10-19)12(2)8-14/h3-8H,1-2H3. The number of carbonyl (C=O) groups is 1. The molecule has 0 aliphatic carbocycles. The van der Waals surface area contributed by atoms with Crippen molar-refractivity contribution >= 4 is 5.78 Å². The SMILES string of the molecule is Cc1cc(C(=O)c2ccc(OC#N)c(C)c2)ccc1OC#N. The van der Waals surface area contributed by atoms with Crippen LogP contribution in [-0.2, 0) is 0 Å². The van der Waals surface area contributed by atoms with Crippen LogP contribution < -0.4 is 9.47 Å². The molecule has 2 rings (SSSR count). The van der Waals surface area contributed by atoms with E-state index in [0.717, 1.165) is 0 Å². The maximum atomic E-state index is 12.5. The van der Waals surface area contributed by atoms with E-state index in [1.54, 1.807) is 62.8 Å². The van der Waals surface area contributed by atoms with Gasteiger partial charge in [0.2, 0.25) is 0 Å². The van der Waals surface area contributed by atoms with Crippen molar-refractivity contribution in [2.75, 3.05) is 0 Å². The molecule has 0 bridgehead atoms. The Morgan fingerprint density at radius 2 is 1.27 bits per heavy atom. The molecule has 2 aromatic rings. The van der Waals surface area contributed by atoms with E-state index in [1.807, 2.05) is 0 Å². The predicted molar refractivity (Wildman–Crippen MR) is 78.3 cm³/mol. The van der Waals surface area contributed by atoms with Gasteiger partial charge in [-0.15, -0.1) is 10.5 Å². The van der Waals surface area contributed by atoms with Gasteiger partial charge in [0.15, 0.2) is 5.78 Å². The molecule has 2 aromatic carbocycles. The van der Waals surface area contributed by atoms with E-state index in [4.69, 9.17) is 20.0 Å². The number of benzene rings is 2. The van der Waals surface area contributed by atoms with Gasteiger partial charge in [0.25, 0.3) is 12.5 Å². The maximum Gasteiger partial charge on any atom is 0.292 e. The van der Waals surface area contributed by atoms with Gasteiger partial charge in [-0.2, -0.15) is 0 Å². The number of aryl methyl sites for hydroxylation is 2. The number of hydrogen-bond donors (Lipinski definition) is 0. The van der Waals surface area contributed by atoms with Crippen molar-refractivity contribution in [1.29, 1.82) is 10.5 Å². The first-order valence-electron chi connectivity index (χ1n) is 6.44. The molecule has 0 saturated carbocycles. The van der Waals surface area contributed by atoms with Crippen molar-refractivity contribution in [2.45, 2.75) is 13.8 Å². The molecule has 0 amide bonds. The van der Waals surface area contributed by atoms with Crippen molar-refractivity contribution in [3.8, 4) is 24.0 Å². The van der Waals surface area contributed by atoms with Crippen LogP contribution in [0.3, 0.4) is 0 Å². The Balaban J connectivity index is 2.33. The van der Waals surface area contributed by atoms with Crippen molar-refractivity contribution < 1.29 is 14.3 Å². The minimum Gasteiger partial charge on any atom is -0.388 e. The van der Waals surface area contributed by atoms with Crippen LogP contribution in [0.1, 0.15) is 27.0 Å². The van der Waals surface area contributed by atoms with Crippen LogP contribution in [0.25, 0.3) is 0 Å². The Hall–Kier alpha value is -3.31. The highest BCUT2D eigenvalue weighted by molar-refractivity contribution is 6.09. The molecule has 22 heavy (non-hydrogen) atoms. The van der Waals surface area contributed by atoms with Gasteiger partial charge in [-0.25, -0.2) is 0 Å². The highest BCUT2D eigenvalue weighted by Crippen LogP contribution is 2.23. The Morgan fingerprint density at radius 3 is 1.59 bits per heavy atom. The maximum absolute atomic E-state index is 12.5. The van der Waals surface area contributed by atoms with Gasteiger partial charge >= 0.3 is 0 Å². The fourth-order valence-electron chi connectivity index (χ4n) is 2.08. The lowest BCUT2D eigenvalue weighted by molar-refractivity contribution is 0.103. The monoisotopic (exact) mass is 292 g/mol. The van der Waals surface area contributed by atoms with Crippen molar-refractivity contribution in [1.82, 2.24) is 0 Å². The minimum absolute atomic E-state index is 0.154. The van der Waals surface area contributed by atoms with E-state index in [0.29, 0.717) is 33.8 Å². The van der Waals surface area contributed by atoms with Crippen LogP contribution in [0.5, 0.6) is 11.5 Å². The summed E-state index contributed by atoms with van der Waals surface area (Å²) >= 11 is 0. The van der Waals surface area contributed by atoms with Crippen LogP contribution in [0.15, 0.2) is 36.4 Å². The van der Waals surface area contributed by atoms with E-state index in [2.05, 4.69) is 0 Å². The van der Waals surface area contributed by atoms with Gasteiger partial charge in [0.05, 0.1) is 0 Å². The second kappa shape index (κ2) is 6.43. The summed E-state index contributed by atoms with van der Waals surface area (Å²) < 4.78 is 9.57. The van der Waals surface area contributed by atoms with Crippen LogP contribution in [0, 0.1) is 36.9 Å². The second-order valence-corrected chi connectivity index (χ2v) is 4.68. The Kier molecular flexibility index (Phi) is 4.41. The van der Waals surface area contributed by atoms with E-state index < -0.39 is 0 Å². The van der Waals surface area contributed by atoms with E-state index >= 15 is 0 Å². The third-order valence-corrected chi connectivity index (χ3v) is 3.19. The summed E-state index contributed by atoms with van der Waals surface area (Å²) in [6, 6.07) is 9.74. The molecule has 0 spiro atoms. The van der Waals surface area contributed by atoms with Crippen molar-refractivity contribution in [2.24, 2.45) is 0 Å². The van der Waals surface area contributed by atoms with Crippen molar-refractivity contribution in [3.63, 3.8) is 0 Å². The number of carbonyl (C=O) groups excluding carboxylic acids is 1. The Bertz CT molecular complexity index is 746. The van der Waals surface area contributed by atoms with Gasteiger partial charge in [0.1, 0.15) is 11.5 Å². The molecule has 0 fully saturated rings. The smallest absolute Gasteiger partial charge is 0.292 e. The summed E-state index contributed by atoms with van der Waals surface area (Å²) in [7, 11) is 0. The summed E-state index contributed by atoms with van der Waals surface area (Å²) in [5, 5.41) is 17.1. The molecule has 0 radical (unpaired) electrons. The van der Waals surface area contributed by atoms with Crippen LogP contribution in [0.2, 0.25) is 0 Å². The summed E-state index contributed by atoms with van der Waals surface area (Å²) in [4.78, 5) is 12.5. The molecular formula is C17H12N2O3. The quantitative estimate of drug-likeness (QED) is 0.638. The summed E-state index contributed by atoms with van der Waals surface area (Å²) in [6.07, 6.45) is 3.21. The number of nitriles is 2. The second-order valence-electron chi connectivity index (χ2n) is 4.68. The van der Waals surface area contributed by atoms with Gasteiger partial charge in [-0.1, -0.05) is 0 Å². The van der Waals surface area contributed by atoms with Gasteiger partial charge in [0, 0.05) is 11.1 Å². The molecule has 0 aromatic heterocycles. The van der Waals surface area contributed by atoms with Gasteiger partial charge in [-0.3, -0.25) is 4.79 Å². The fraction of sp³-hybridized carbons (Fsp3) is 0.118. The average Bonchev–Trinajstić information content (AvgIpc) is 2.51. The molecule has 0 atom stereocenters. The number of hydrogen-bond acceptors (Lipinski definition) is 5. The molecule has 0 saturated heterocycles. The highest BCUT2D eigenvalue weighted by atomic mass is 16.5.